The first-order valence-electron chi connectivity index (χ1n) is 6.16. The van der Waals surface area contributed by atoms with Crippen molar-refractivity contribution in [1.29, 1.82) is 0 Å². The maximum Gasteiger partial charge on any atom is 0.293 e. The summed E-state index contributed by atoms with van der Waals surface area (Å²) in [5.74, 6) is 0.433. The molecule has 0 bridgehead atoms. The number of nitrogens with zero attached hydrogens (tertiary/aromatic N) is 3. The summed E-state index contributed by atoms with van der Waals surface area (Å²) in [7, 11) is 1.73. The van der Waals surface area contributed by atoms with Gasteiger partial charge in [0.15, 0.2) is 5.82 Å². The quantitative estimate of drug-likeness (QED) is 0.767. The van der Waals surface area contributed by atoms with Crippen molar-refractivity contribution in [3.05, 3.63) is 22.7 Å². The van der Waals surface area contributed by atoms with Crippen molar-refractivity contribution >= 4 is 5.82 Å². The van der Waals surface area contributed by atoms with Crippen LogP contribution in [-0.4, -0.2) is 40.6 Å². The Hall–Kier alpha value is -1.36. The largest absolute Gasteiger partial charge is 0.364 e. The van der Waals surface area contributed by atoms with Crippen LogP contribution in [0.1, 0.15) is 20.3 Å². The molecule has 1 aromatic rings. The second-order valence-corrected chi connectivity index (χ2v) is 4.05. The van der Waals surface area contributed by atoms with Gasteiger partial charge in [-0.1, -0.05) is 13.8 Å². The molecule has 5 heteroatoms. The third kappa shape index (κ3) is 4.19. The van der Waals surface area contributed by atoms with Crippen LogP contribution >= 0.6 is 0 Å². The predicted octanol–water partition coefficient (Wildman–Crippen LogP) is 0.924. The zero-order valence-corrected chi connectivity index (χ0v) is 10.9. The minimum absolute atomic E-state index is 0.0777. The van der Waals surface area contributed by atoms with Gasteiger partial charge >= 0.3 is 0 Å². The van der Waals surface area contributed by atoms with E-state index >= 15 is 0 Å². The van der Waals surface area contributed by atoms with E-state index in [0.717, 1.165) is 32.6 Å². The van der Waals surface area contributed by atoms with Gasteiger partial charge in [0.05, 0.1) is 0 Å². The number of hydrogen-bond acceptors (Lipinski definition) is 4. The highest BCUT2D eigenvalue weighted by atomic mass is 16.1. The summed E-state index contributed by atoms with van der Waals surface area (Å²) in [5.41, 5.74) is -0.0777. The molecule has 0 saturated carbocycles. The molecule has 1 rings (SSSR count). The van der Waals surface area contributed by atoms with Crippen molar-refractivity contribution in [2.75, 3.05) is 31.5 Å². The molecule has 0 amide bonds. The minimum atomic E-state index is -0.0777. The minimum Gasteiger partial charge on any atom is -0.364 e. The van der Waals surface area contributed by atoms with Crippen molar-refractivity contribution in [3.63, 3.8) is 0 Å². The Balaban J connectivity index is 2.45. The van der Waals surface area contributed by atoms with Crippen molar-refractivity contribution in [1.82, 2.24) is 14.5 Å². The van der Waals surface area contributed by atoms with E-state index in [0.29, 0.717) is 5.82 Å². The number of anilines is 1. The molecule has 1 aromatic heterocycles. The fraction of sp³-hybridized carbons (Fsp3) is 0.667. The smallest absolute Gasteiger partial charge is 0.293 e. The molecule has 0 fully saturated rings. The van der Waals surface area contributed by atoms with E-state index in [4.69, 9.17) is 0 Å². The fourth-order valence-corrected chi connectivity index (χ4v) is 1.70. The molecule has 5 nitrogen and oxygen atoms in total. The van der Waals surface area contributed by atoms with Crippen LogP contribution in [0, 0.1) is 0 Å². The summed E-state index contributed by atoms with van der Waals surface area (Å²) in [5, 5.41) is 3.09. The Bertz CT molecular complexity index is 388. The average Bonchev–Trinajstić information content (AvgIpc) is 2.33. The predicted molar refractivity (Wildman–Crippen MR) is 70.4 cm³/mol. The summed E-state index contributed by atoms with van der Waals surface area (Å²) in [6.45, 7) is 8.14. The van der Waals surface area contributed by atoms with Gasteiger partial charge in [0.2, 0.25) is 0 Å². The highest BCUT2D eigenvalue weighted by molar-refractivity contribution is 5.30. The molecular weight excluding hydrogens is 216 g/mol. The van der Waals surface area contributed by atoms with Crippen LogP contribution in [0.2, 0.25) is 0 Å². The molecule has 1 N–H and O–H groups in total. The Labute approximate surface area is 102 Å². The molecular formula is C12H22N4O. The zero-order valence-electron chi connectivity index (χ0n) is 10.9. The van der Waals surface area contributed by atoms with Crippen molar-refractivity contribution in [2.45, 2.75) is 20.3 Å². The number of nitrogens with one attached hydrogen (secondary N) is 1. The van der Waals surface area contributed by atoms with E-state index < -0.39 is 0 Å². The van der Waals surface area contributed by atoms with Crippen LogP contribution in [0.3, 0.4) is 0 Å². The Morgan fingerprint density at radius 2 is 2.18 bits per heavy atom. The lowest BCUT2D eigenvalue weighted by atomic mass is 10.4. The molecule has 0 saturated heterocycles. The Morgan fingerprint density at radius 3 is 2.82 bits per heavy atom. The SMILES string of the molecule is CCCN(CC)CCNc1nccn(C)c1=O. The molecule has 0 aliphatic rings. The average molecular weight is 238 g/mol. The monoisotopic (exact) mass is 238 g/mol. The first-order chi connectivity index (χ1) is 8.19. The number of hydrogen-bond donors (Lipinski definition) is 1. The van der Waals surface area contributed by atoms with E-state index in [-0.39, 0.29) is 5.56 Å². The number of rotatable bonds is 7. The highest BCUT2D eigenvalue weighted by Crippen LogP contribution is 1.93. The third-order valence-corrected chi connectivity index (χ3v) is 2.72. The van der Waals surface area contributed by atoms with Crippen LogP contribution in [0.4, 0.5) is 5.82 Å². The molecule has 0 radical (unpaired) electrons. The van der Waals surface area contributed by atoms with Crippen molar-refractivity contribution in [2.24, 2.45) is 7.05 Å². The van der Waals surface area contributed by atoms with Gasteiger partial charge in [-0.05, 0) is 19.5 Å². The van der Waals surface area contributed by atoms with Crippen LogP contribution in [-0.2, 0) is 7.05 Å². The summed E-state index contributed by atoms with van der Waals surface area (Å²) in [4.78, 5) is 18.1. The van der Waals surface area contributed by atoms with Gasteiger partial charge < -0.3 is 14.8 Å². The van der Waals surface area contributed by atoms with Gasteiger partial charge in [-0.3, -0.25) is 4.79 Å². The maximum atomic E-state index is 11.7. The normalized spacial score (nSPS) is 10.8. The van der Waals surface area contributed by atoms with Crippen LogP contribution in [0.25, 0.3) is 0 Å². The summed E-state index contributed by atoms with van der Waals surface area (Å²) < 4.78 is 1.53. The lowest BCUT2D eigenvalue weighted by Crippen LogP contribution is -2.31. The molecule has 0 aromatic carbocycles. The number of aromatic nitrogens is 2. The third-order valence-electron chi connectivity index (χ3n) is 2.72. The van der Waals surface area contributed by atoms with Gasteiger partial charge in [0.1, 0.15) is 0 Å². The molecule has 0 aliphatic carbocycles. The lowest BCUT2D eigenvalue weighted by Gasteiger charge is -2.19. The van der Waals surface area contributed by atoms with Gasteiger partial charge in [-0.25, -0.2) is 4.98 Å². The molecule has 0 spiro atoms. The van der Waals surface area contributed by atoms with Crippen molar-refractivity contribution in [3.8, 4) is 0 Å². The van der Waals surface area contributed by atoms with E-state index in [2.05, 4.69) is 29.0 Å². The molecule has 1 heterocycles. The molecule has 17 heavy (non-hydrogen) atoms. The molecule has 0 aliphatic heterocycles. The van der Waals surface area contributed by atoms with E-state index in [1.165, 1.54) is 4.57 Å². The molecule has 0 atom stereocenters. The first kappa shape index (κ1) is 13.7. The number of aryl methyl sites for hydroxylation is 1. The van der Waals surface area contributed by atoms with E-state index in [1.807, 2.05) is 0 Å². The topological polar surface area (TPSA) is 50.2 Å². The van der Waals surface area contributed by atoms with Crippen LogP contribution < -0.4 is 10.9 Å². The first-order valence-corrected chi connectivity index (χ1v) is 6.16. The van der Waals surface area contributed by atoms with E-state index in [9.17, 15) is 4.79 Å². The zero-order chi connectivity index (χ0) is 12.7. The summed E-state index contributed by atoms with van der Waals surface area (Å²) in [6, 6.07) is 0. The fourth-order valence-electron chi connectivity index (χ4n) is 1.70. The van der Waals surface area contributed by atoms with E-state index in [1.54, 1.807) is 19.4 Å². The second kappa shape index (κ2) is 7.06. The second-order valence-electron chi connectivity index (χ2n) is 4.05. The van der Waals surface area contributed by atoms with Crippen LogP contribution in [0.5, 0.6) is 0 Å². The van der Waals surface area contributed by atoms with Gasteiger partial charge in [0.25, 0.3) is 5.56 Å². The van der Waals surface area contributed by atoms with Gasteiger partial charge in [0, 0.05) is 32.5 Å². The molecule has 96 valence electrons. The maximum absolute atomic E-state index is 11.7. The lowest BCUT2D eigenvalue weighted by molar-refractivity contribution is 0.300. The molecule has 0 unspecified atom stereocenters. The van der Waals surface area contributed by atoms with Gasteiger partial charge in [-0.15, -0.1) is 0 Å². The van der Waals surface area contributed by atoms with Gasteiger partial charge in [-0.2, -0.15) is 0 Å². The Kier molecular flexibility index (Phi) is 5.69. The number of likely N-dealkylation sites (N-methyl/N-ethyl adjacent to an activating group) is 1. The highest BCUT2D eigenvalue weighted by Gasteiger charge is 2.03. The van der Waals surface area contributed by atoms with Crippen LogP contribution in [0.15, 0.2) is 17.2 Å². The summed E-state index contributed by atoms with van der Waals surface area (Å²) >= 11 is 0. The summed E-state index contributed by atoms with van der Waals surface area (Å²) in [6.07, 6.45) is 4.44. The standard InChI is InChI=1S/C12H22N4O/c1-4-8-16(5-2)10-7-14-11-12(17)15(3)9-6-13-11/h6,9H,4-5,7-8,10H2,1-3H3,(H,13,14). The van der Waals surface area contributed by atoms with Crippen molar-refractivity contribution < 1.29 is 0 Å². The Morgan fingerprint density at radius 1 is 1.41 bits per heavy atom.